The zero-order valence-electron chi connectivity index (χ0n) is 8.13. The van der Waals surface area contributed by atoms with Gasteiger partial charge in [0.2, 0.25) is 0 Å². The van der Waals surface area contributed by atoms with E-state index in [2.05, 4.69) is 0 Å². The van der Waals surface area contributed by atoms with Crippen LogP contribution in [0.5, 0.6) is 0 Å². The first-order valence-corrected chi connectivity index (χ1v) is 4.86. The number of methoxy groups -OCH3 is 1. The average Bonchev–Trinajstić information content (AvgIpc) is 2.17. The Kier molecular flexibility index (Phi) is 4.63. The van der Waals surface area contributed by atoms with Gasteiger partial charge in [-0.15, -0.1) is 0 Å². The van der Waals surface area contributed by atoms with Crippen molar-refractivity contribution in [3.63, 3.8) is 0 Å². The molecule has 0 bridgehead atoms. The Morgan fingerprint density at radius 2 is 2.14 bits per heavy atom. The molecule has 0 aliphatic rings. The number of ether oxygens (including phenoxy) is 1. The van der Waals surface area contributed by atoms with E-state index in [1.807, 2.05) is 24.3 Å². The quantitative estimate of drug-likeness (QED) is 0.750. The lowest BCUT2D eigenvalue weighted by atomic mass is 10.1. The van der Waals surface area contributed by atoms with Crippen LogP contribution in [0.1, 0.15) is 12.0 Å². The summed E-state index contributed by atoms with van der Waals surface area (Å²) in [5.41, 5.74) is 1.01. The minimum Gasteiger partial charge on any atom is -0.377 e. The van der Waals surface area contributed by atoms with Gasteiger partial charge in [-0.3, -0.25) is 4.79 Å². The SMILES string of the molecule is COCC(=O)CCc1ccccc1Cl. The fourth-order valence-corrected chi connectivity index (χ4v) is 1.44. The summed E-state index contributed by atoms with van der Waals surface area (Å²) in [6.45, 7) is 0.185. The number of hydrogen-bond acceptors (Lipinski definition) is 2. The first kappa shape index (κ1) is 11.2. The molecule has 0 aliphatic heterocycles. The van der Waals surface area contributed by atoms with Crippen LogP contribution in [0.15, 0.2) is 24.3 Å². The van der Waals surface area contributed by atoms with E-state index in [1.165, 1.54) is 7.11 Å². The molecular formula is C11H13ClO2. The molecule has 3 heteroatoms. The largest absolute Gasteiger partial charge is 0.377 e. The van der Waals surface area contributed by atoms with Gasteiger partial charge in [0.1, 0.15) is 6.61 Å². The summed E-state index contributed by atoms with van der Waals surface area (Å²) < 4.78 is 4.74. The summed E-state index contributed by atoms with van der Waals surface area (Å²) in [6.07, 6.45) is 1.17. The van der Waals surface area contributed by atoms with Gasteiger partial charge in [-0.25, -0.2) is 0 Å². The van der Waals surface area contributed by atoms with Crippen molar-refractivity contribution in [2.24, 2.45) is 0 Å². The van der Waals surface area contributed by atoms with E-state index >= 15 is 0 Å². The van der Waals surface area contributed by atoms with Gasteiger partial charge in [0.05, 0.1) is 0 Å². The van der Waals surface area contributed by atoms with Gasteiger partial charge in [0, 0.05) is 18.6 Å². The van der Waals surface area contributed by atoms with E-state index in [-0.39, 0.29) is 12.4 Å². The van der Waals surface area contributed by atoms with Crippen molar-refractivity contribution < 1.29 is 9.53 Å². The molecule has 76 valence electrons. The van der Waals surface area contributed by atoms with E-state index in [9.17, 15) is 4.79 Å². The van der Waals surface area contributed by atoms with Gasteiger partial charge >= 0.3 is 0 Å². The Morgan fingerprint density at radius 1 is 1.43 bits per heavy atom. The number of rotatable bonds is 5. The molecule has 14 heavy (non-hydrogen) atoms. The van der Waals surface area contributed by atoms with E-state index in [0.717, 1.165) is 10.6 Å². The molecule has 0 aromatic heterocycles. The molecule has 0 fully saturated rings. The molecule has 0 atom stereocenters. The number of ketones is 1. The van der Waals surface area contributed by atoms with Crippen molar-refractivity contribution in [2.75, 3.05) is 13.7 Å². The van der Waals surface area contributed by atoms with Crippen LogP contribution in [0.25, 0.3) is 0 Å². The fourth-order valence-electron chi connectivity index (χ4n) is 1.21. The van der Waals surface area contributed by atoms with Crippen molar-refractivity contribution in [3.8, 4) is 0 Å². The molecule has 0 heterocycles. The fraction of sp³-hybridized carbons (Fsp3) is 0.364. The number of hydrogen-bond donors (Lipinski definition) is 0. The standard InChI is InChI=1S/C11H13ClO2/c1-14-8-10(13)7-6-9-4-2-3-5-11(9)12/h2-5H,6-8H2,1H3. The minimum absolute atomic E-state index is 0.104. The van der Waals surface area contributed by atoms with Crippen LogP contribution in [0.2, 0.25) is 5.02 Å². The molecule has 1 aromatic carbocycles. The van der Waals surface area contributed by atoms with Crippen LogP contribution in [0, 0.1) is 0 Å². The Morgan fingerprint density at radius 3 is 2.79 bits per heavy atom. The third kappa shape index (κ3) is 3.48. The summed E-state index contributed by atoms with van der Waals surface area (Å²) in [7, 11) is 1.52. The Labute approximate surface area is 88.8 Å². The minimum atomic E-state index is 0.104. The number of benzene rings is 1. The summed E-state index contributed by atoms with van der Waals surface area (Å²) in [4.78, 5) is 11.2. The molecule has 0 amide bonds. The Hall–Kier alpha value is -0.860. The lowest BCUT2D eigenvalue weighted by Gasteiger charge is -2.02. The smallest absolute Gasteiger partial charge is 0.158 e. The summed E-state index contributed by atoms with van der Waals surface area (Å²) in [6, 6.07) is 7.56. The molecule has 0 spiro atoms. The third-order valence-electron chi connectivity index (χ3n) is 1.94. The molecule has 0 N–H and O–H groups in total. The summed E-state index contributed by atoms with van der Waals surface area (Å²) in [5, 5.41) is 0.720. The normalized spacial score (nSPS) is 10.1. The number of carbonyl (C=O) groups is 1. The second-order valence-electron chi connectivity index (χ2n) is 3.06. The third-order valence-corrected chi connectivity index (χ3v) is 2.31. The van der Waals surface area contributed by atoms with Gasteiger partial charge in [-0.1, -0.05) is 29.8 Å². The maximum absolute atomic E-state index is 11.2. The first-order valence-electron chi connectivity index (χ1n) is 4.48. The van der Waals surface area contributed by atoms with Crippen molar-refractivity contribution in [1.82, 2.24) is 0 Å². The average molecular weight is 213 g/mol. The van der Waals surface area contributed by atoms with Crippen molar-refractivity contribution in [3.05, 3.63) is 34.9 Å². The van der Waals surface area contributed by atoms with Crippen LogP contribution in [-0.2, 0) is 16.0 Å². The molecule has 0 saturated carbocycles. The van der Waals surface area contributed by atoms with Crippen LogP contribution < -0.4 is 0 Å². The first-order chi connectivity index (χ1) is 6.74. The predicted octanol–water partition coefficient (Wildman–Crippen LogP) is 2.49. The maximum Gasteiger partial charge on any atom is 0.158 e. The zero-order chi connectivity index (χ0) is 10.4. The molecule has 1 rings (SSSR count). The number of aryl methyl sites for hydroxylation is 1. The van der Waals surface area contributed by atoms with E-state index in [1.54, 1.807) is 0 Å². The summed E-state index contributed by atoms with van der Waals surface area (Å²) in [5.74, 6) is 0.104. The van der Waals surface area contributed by atoms with Gasteiger partial charge in [0.15, 0.2) is 5.78 Å². The number of Topliss-reactive ketones (excluding diaryl/α,β-unsaturated/α-hetero) is 1. The second kappa shape index (κ2) is 5.78. The van der Waals surface area contributed by atoms with Crippen molar-refractivity contribution in [1.29, 1.82) is 0 Å². The number of halogens is 1. The molecule has 0 saturated heterocycles. The lowest BCUT2D eigenvalue weighted by Crippen LogP contribution is -2.07. The molecular weight excluding hydrogens is 200 g/mol. The van der Waals surface area contributed by atoms with Gasteiger partial charge in [-0.05, 0) is 18.1 Å². The van der Waals surface area contributed by atoms with Crippen LogP contribution >= 0.6 is 11.6 Å². The number of carbonyl (C=O) groups excluding carboxylic acids is 1. The van der Waals surface area contributed by atoms with Gasteiger partial charge < -0.3 is 4.74 Å². The van der Waals surface area contributed by atoms with E-state index < -0.39 is 0 Å². The zero-order valence-corrected chi connectivity index (χ0v) is 8.88. The summed E-state index contributed by atoms with van der Waals surface area (Å²) >= 11 is 5.94. The molecule has 1 aromatic rings. The highest BCUT2D eigenvalue weighted by molar-refractivity contribution is 6.31. The van der Waals surface area contributed by atoms with Gasteiger partial charge in [-0.2, -0.15) is 0 Å². The van der Waals surface area contributed by atoms with E-state index in [0.29, 0.717) is 12.8 Å². The van der Waals surface area contributed by atoms with Crippen molar-refractivity contribution >= 4 is 17.4 Å². The molecule has 0 unspecified atom stereocenters. The highest BCUT2D eigenvalue weighted by Gasteiger charge is 2.03. The van der Waals surface area contributed by atoms with Crippen LogP contribution in [0.3, 0.4) is 0 Å². The molecule has 0 aliphatic carbocycles. The highest BCUT2D eigenvalue weighted by Crippen LogP contribution is 2.16. The molecule has 0 radical (unpaired) electrons. The van der Waals surface area contributed by atoms with Crippen LogP contribution in [0.4, 0.5) is 0 Å². The predicted molar refractivity (Wildman–Crippen MR) is 56.7 cm³/mol. The molecule has 2 nitrogen and oxygen atoms in total. The van der Waals surface area contributed by atoms with Gasteiger partial charge in [0.25, 0.3) is 0 Å². The topological polar surface area (TPSA) is 26.3 Å². The van der Waals surface area contributed by atoms with Crippen LogP contribution in [-0.4, -0.2) is 19.5 Å². The Bertz CT molecular complexity index is 310. The second-order valence-corrected chi connectivity index (χ2v) is 3.47. The highest BCUT2D eigenvalue weighted by atomic mass is 35.5. The Balaban J connectivity index is 2.46. The van der Waals surface area contributed by atoms with Crippen molar-refractivity contribution in [2.45, 2.75) is 12.8 Å². The maximum atomic E-state index is 11.2. The lowest BCUT2D eigenvalue weighted by molar-refractivity contribution is -0.122. The van der Waals surface area contributed by atoms with E-state index in [4.69, 9.17) is 16.3 Å². The monoisotopic (exact) mass is 212 g/mol.